The predicted octanol–water partition coefficient (Wildman–Crippen LogP) is 4.69. The number of hydrogen-bond donors (Lipinski definition) is 1. The molecule has 0 heterocycles. The van der Waals surface area contributed by atoms with E-state index in [1.54, 1.807) is 7.11 Å². The number of hydrogen-bond acceptors (Lipinski definition) is 2. The molecule has 3 aromatic rings. The first-order chi connectivity index (χ1) is 10.2. The van der Waals surface area contributed by atoms with E-state index in [4.69, 9.17) is 4.74 Å². The van der Waals surface area contributed by atoms with Crippen molar-refractivity contribution in [2.75, 3.05) is 7.11 Å². The molecule has 0 aromatic heterocycles. The molecule has 0 aliphatic carbocycles. The Labute approximate surface area is 132 Å². The molecule has 0 aliphatic rings. The summed E-state index contributed by atoms with van der Waals surface area (Å²) in [6.45, 7) is 0. The van der Waals surface area contributed by atoms with Crippen LogP contribution in [0, 0.1) is 0 Å². The molecule has 3 heteroatoms. The summed E-state index contributed by atoms with van der Waals surface area (Å²) in [7, 11) is 1.63. The lowest BCUT2D eigenvalue weighted by Crippen LogP contribution is -1.99. The third-order valence-electron chi connectivity index (χ3n) is 3.57. The molecule has 106 valence electrons. The molecule has 0 saturated carbocycles. The zero-order valence-corrected chi connectivity index (χ0v) is 13.2. The van der Waals surface area contributed by atoms with Gasteiger partial charge in [-0.05, 0) is 52.2 Å². The molecule has 21 heavy (non-hydrogen) atoms. The highest BCUT2D eigenvalue weighted by atomic mass is 79.9. The van der Waals surface area contributed by atoms with Crippen molar-refractivity contribution in [2.45, 2.75) is 6.10 Å². The van der Waals surface area contributed by atoms with Crippen molar-refractivity contribution in [2.24, 2.45) is 0 Å². The molecule has 1 unspecified atom stereocenters. The zero-order valence-electron chi connectivity index (χ0n) is 11.6. The summed E-state index contributed by atoms with van der Waals surface area (Å²) in [5.74, 6) is 0.786. The summed E-state index contributed by atoms with van der Waals surface area (Å²) in [6, 6.07) is 19.6. The summed E-state index contributed by atoms with van der Waals surface area (Å²) < 4.78 is 6.19. The van der Waals surface area contributed by atoms with Crippen LogP contribution >= 0.6 is 15.9 Å². The van der Waals surface area contributed by atoms with Gasteiger partial charge in [-0.25, -0.2) is 0 Å². The van der Waals surface area contributed by atoms with Gasteiger partial charge in [-0.2, -0.15) is 0 Å². The summed E-state index contributed by atoms with van der Waals surface area (Å²) in [4.78, 5) is 0. The third-order valence-corrected chi connectivity index (χ3v) is 4.07. The van der Waals surface area contributed by atoms with Gasteiger partial charge in [0.05, 0.1) is 7.11 Å². The van der Waals surface area contributed by atoms with Gasteiger partial charge in [0, 0.05) is 4.47 Å². The van der Waals surface area contributed by atoms with Gasteiger partial charge in [-0.1, -0.05) is 46.3 Å². The highest BCUT2D eigenvalue weighted by molar-refractivity contribution is 9.10. The normalized spacial score (nSPS) is 12.3. The second-order valence-corrected chi connectivity index (χ2v) is 5.84. The Morgan fingerprint density at radius 3 is 2.19 bits per heavy atom. The first-order valence-corrected chi connectivity index (χ1v) is 7.48. The summed E-state index contributed by atoms with van der Waals surface area (Å²) >= 11 is 3.47. The van der Waals surface area contributed by atoms with Gasteiger partial charge in [-0.3, -0.25) is 0 Å². The largest absolute Gasteiger partial charge is 0.497 e. The average Bonchev–Trinajstić information content (AvgIpc) is 2.53. The SMILES string of the molecule is COc1ccc(C(O)c2ccc3cc(Br)ccc3c2)cc1. The van der Waals surface area contributed by atoms with Gasteiger partial charge >= 0.3 is 0 Å². The molecule has 0 radical (unpaired) electrons. The minimum Gasteiger partial charge on any atom is -0.497 e. The van der Waals surface area contributed by atoms with E-state index in [0.29, 0.717) is 0 Å². The van der Waals surface area contributed by atoms with Crippen LogP contribution in [0.2, 0.25) is 0 Å². The molecule has 0 aliphatic heterocycles. The number of rotatable bonds is 3. The molecule has 1 atom stereocenters. The Morgan fingerprint density at radius 1 is 0.857 bits per heavy atom. The maximum Gasteiger partial charge on any atom is 0.118 e. The maximum absolute atomic E-state index is 10.5. The lowest BCUT2D eigenvalue weighted by Gasteiger charge is -2.13. The van der Waals surface area contributed by atoms with E-state index in [9.17, 15) is 5.11 Å². The van der Waals surface area contributed by atoms with Gasteiger partial charge in [0.15, 0.2) is 0 Å². The zero-order chi connectivity index (χ0) is 14.8. The summed E-state index contributed by atoms with van der Waals surface area (Å²) in [5, 5.41) is 12.8. The second-order valence-electron chi connectivity index (χ2n) is 4.93. The number of aliphatic hydroxyl groups excluding tert-OH is 1. The maximum atomic E-state index is 10.5. The quantitative estimate of drug-likeness (QED) is 0.747. The molecular formula is C18H15BrO2. The van der Waals surface area contributed by atoms with Crippen LogP contribution < -0.4 is 4.74 Å². The van der Waals surface area contributed by atoms with Crippen LogP contribution in [0.25, 0.3) is 10.8 Å². The van der Waals surface area contributed by atoms with Crippen LogP contribution in [-0.4, -0.2) is 12.2 Å². The van der Waals surface area contributed by atoms with Gasteiger partial charge in [0.25, 0.3) is 0 Å². The third kappa shape index (κ3) is 2.94. The van der Waals surface area contributed by atoms with Crippen LogP contribution in [0.3, 0.4) is 0 Å². The van der Waals surface area contributed by atoms with Crippen molar-refractivity contribution in [1.29, 1.82) is 0 Å². The number of halogens is 1. The van der Waals surface area contributed by atoms with Crippen molar-refractivity contribution in [3.8, 4) is 5.75 Å². The minimum absolute atomic E-state index is 0.635. The molecule has 1 N–H and O–H groups in total. The van der Waals surface area contributed by atoms with Crippen molar-refractivity contribution in [3.05, 3.63) is 76.3 Å². The number of methoxy groups -OCH3 is 1. The van der Waals surface area contributed by atoms with Crippen LogP contribution in [0.4, 0.5) is 0 Å². The molecule has 2 nitrogen and oxygen atoms in total. The van der Waals surface area contributed by atoms with E-state index >= 15 is 0 Å². The first-order valence-electron chi connectivity index (χ1n) is 6.68. The Morgan fingerprint density at radius 2 is 1.48 bits per heavy atom. The molecule has 0 spiro atoms. The molecule has 0 bridgehead atoms. The smallest absolute Gasteiger partial charge is 0.118 e. The topological polar surface area (TPSA) is 29.5 Å². The van der Waals surface area contributed by atoms with Crippen molar-refractivity contribution < 1.29 is 9.84 Å². The minimum atomic E-state index is -0.635. The highest BCUT2D eigenvalue weighted by Crippen LogP contribution is 2.28. The molecule has 0 fully saturated rings. The molecule has 3 aromatic carbocycles. The van der Waals surface area contributed by atoms with Gasteiger partial charge in [0.1, 0.15) is 11.9 Å². The first kappa shape index (κ1) is 14.1. The fraction of sp³-hybridized carbons (Fsp3) is 0.111. The lowest BCUT2D eigenvalue weighted by molar-refractivity contribution is 0.220. The Bertz CT molecular complexity index is 766. The van der Waals surface area contributed by atoms with E-state index in [0.717, 1.165) is 32.1 Å². The predicted molar refractivity (Wildman–Crippen MR) is 88.7 cm³/mol. The van der Waals surface area contributed by atoms with E-state index in [-0.39, 0.29) is 0 Å². The van der Waals surface area contributed by atoms with Crippen LogP contribution in [0.15, 0.2) is 65.1 Å². The standard InChI is InChI=1S/C18H15BrO2/c1-21-17-8-5-12(6-9-17)18(20)15-3-2-14-11-16(19)7-4-13(14)10-15/h2-11,18,20H,1H3. The van der Waals surface area contributed by atoms with Gasteiger partial charge < -0.3 is 9.84 Å². The van der Waals surface area contributed by atoms with Crippen LogP contribution in [0.5, 0.6) is 5.75 Å². The van der Waals surface area contributed by atoms with E-state index in [2.05, 4.69) is 22.0 Å². The average molecular weight is 343 g/mol. The van der Waals surface area contributed by atoms with E-state index in [1.807, 2.05) is 54.6 Å². The number of fused-ring (bicyclic) bond motifs is 1. The molecule has 3 rings (SSSR count). The highest BCUT2D eigenvalue weighted by Gasteiger charge is 2.11. The van der Waals surface area contributed by atoms with Crippen molar-refractivity contribution >= 4 is 26.7 Å². The van der Waals surface area contributed by atoms with E-state index < -0.39 is 6.10 Å². The summed E-state index contributed by atoms with van der Waals surface area (Å²) in [6.07, 6.45) is -0.635. The van der Waals surface area contributed by atoms with Crippen LogP contribution in [0.1, 0.15) is 17.2 Å². The summed E-state index contributed by atoms with van der Waals surface area (Å²) in [5.41, 5.74) is 1.74. The van der Waals surface area contributed by atoms with Gasteiger partial charge in [0.2, 0.25) is 0 Å². The molecule has 0 amide bonds. The molecule has 0 saturated heterocycles. The fourth-order valence-electron chi connectivity index (χ4n) is 2.38. The van der Waals surface area contributed by atoms with Crippen molar-refractivity contribution in [3.63, 3.8) is 0 Å². The van der Waals surface area contributed by atoms with Gasteiger partial charge in [-0.15, -0.1) is 0 Å². The number of aliphatic hydroxyl groups is 1. The Kier molecular flexibility index (Phi) is 3.95. The van der Waals surface area contributed by atoms with E-state index in [1.165, 1.54) is 0 Å². The van der Waals surface area contributed by atoms with Crippen LogP contribution in [-0.2, 0) is 0 Å². The second kappa shape index (κ2) is 5.88. The Hall–Kier alpha value is -1.84. The fourth-order valence-corrected chi connectivity index (χ4v) is 2.76. The number of benzene rings is 3. The number of ether oxygens (including phenoxy) is 1. The van der Waals surface area contributed by atoms with Crippen molar-refractivity contribution in [1.82, 2.24) is 0 Å². The lowest BCUT2D eigenvalue weighted by atomic mass is 9.98. The monoisotopic (exact) mass is 342 g/mol. The Balaban J connectivity index is 1.96. The molecular weight excluding hydrogens is 328 g/mol.